The monoisotopic (exact) mass is 253 g/mol. The van der Waals surface area contributed by atoms with Crippen molar-refractivity contribution in [2.75, 3.05) is 11.9 Å². The van der Waals surface area contributed by atoms with Crippen LogP contribution < -0.4 is 10.1 Å². The van der Waals surface area contributed by atoms with E-state index in [1.165, 1.54) is 11.1 Å². The third-order valence-corrected chi connectivity index (χ3v) is 3.45. The normalized spacial score (nSPS) is 13.5. The van der Waals surface area contributed by atoms with Gasteiger partial charge < -0.3 is 10.1 Å². The minimum Gasteiger partial charge on any atom is -0.482 e. The summed E-state index contributed by atoms with van der Waals surface area (Å²) < 4.78 is 5.44. The molecule has 96 valence electrons. The fourth-order valence-corrected chi connectivity index (χ4v) is 2.18. The number of hydrogen-bond acceptors (Lipinski definition) is 2. The molecule has 3 nitrogen and oxygen atoms in total. The van der Waals surface area contributed by atoms with Crippen LogP contribution in [0.15, 0.2) is 36.4 Å². The van der Waals surface area contributed by atoms with E-state index in [1.54, 1.807) is 0 Å². The van der Waals surface area contributed by atoms with Crippen LogP contribution in [0.4, 0.5) is 5.69 Å². The molecule has 19 heavy (non-hydrogen) atoms. The SMILES string of the molecule is Cc1ccc(-c2ccc3c(c2)OCC(=O)N3)cc1C. The predicted octanol–water partition coefficient (Wildman–Crippen LogP) is 3.30. The lowest BCUT2D eigenvalue weighted by Gasteiger charge is -2.18. The third kappa shape index (κ3) is 2.19. The van der Waals surface area contributed by atoms with Gasteiger partial charge in [0.1, 0.15) is 5.75 Å². The van der Waals surface area contributed by atoms with E-state index in [-0.39, 0.29) is 12.5 Å². The number of carbonyl (C=O) groups is 1. The Bertz CT molecular complexity index is 662. The zero-order chi connectivity index (χ0) is 13.4. The lowest BCUT2D eigenvalue weighted by atomic mass is 10.00. The Hall–Kier alpha value is -2.29. The number of anilines is 1. The quantitative estimate of drug-likeness (QED) is 0.846. The number of amides is 1. The van der Waals surface area contributed by atoms with Crippen LogP contribution >= 0.6 is 0 Å². The highest BCUT2D eigenvalue weighted by Crippen LogP contribution is 2.33. The number of carbonyl (C=O) groups excluding carboxylic acids is 1. The molecule has 1 heterocycles. The van der Waals surface area contributed by atoms with Gasteiger partial charge in [-0.3, -0.25) is 4.79 Å². The summed E-state index contributed by atoms with van der Waals surface area (Å²) in [5.41, 5.74) is 5.54. The Balaban J connectivity index is 2.02. The Kier molecular flexibility index (Phi) is 2.75. The van der Waals surface area contributed by atoms with Gasteiger partial charge in [-0.05, 0) is 48.2 Å². The fourth-order valence-electron chi connectivity index (χ4n) is 2.18. The molecule has 0 unspecified atom stereocenters. The maximum absolute atomic E-state index is 11.2. The molecule has 0 atom stereocenters. The summed E-state index contributed by atoms with van der Waals surface area (Å²) in [6.45, 7) is 4.29. The van der Waals surface area contributed by atoms with E-state index in [9.17, 15) is 4.79 Å². The number of aryl methyl sites for hydroxylation is 2. The average Bonchev–Trinajstić information content (AvgIpc) is 2.41. The standard InChI is InChI=1S/C16H15NO2/c1-10-3-4-12(7-11(10)2)13-5-6-14-15(8-13)19-9-16(18)17-14/h3-8H,9H2,1-2H3,(H,17,18). The van der Waals surface area contributed by atoms with Crippen molar-refractivity contribution in [1.29, 1.82) is 0 Å². The van der Waals surface area contributed by atoms with Gasteiger partial charge in [-0.1, -0.05) is 24.3 Å². The maximum atomic E-state index is 11.2. The summed E-state index contributed by atoms with van der Waals surface area (Å²) in [7, 11) is 0. The van der Waals surface area contributed by atoms with Gasteiger partial charge in [0.2, 0.25) is 0 Å². The molecule has 1 aliphatic heterocycles. The van der Waals surface area contributed by atoms with Crippen molar-refractivity contribution < 1.29 is 9.53 Å². The van der Waals surface area contributed by atoms with Crippen molar-refractivity contribution in [3.8, 4) is 16.9 Å². The molecule has 1 N–H and O–H groups in total. The minimum absolute atomic E-state index is 0.0867. The van der Waals surface area contributed by atoms with Gasteiger partial charge in [0.25, 0.3) is 5.91 Å². The number of rotatable bonds is 1. The van der Waals surface area contributed by atoms with Gasteiger partial charge in [-0.25, -0.2) is 0 Å². The van der Waals surface area contributed by atoms with Gasteiger partial charge in [0, 0.05) is 0 Å². The number of benzene rings is 2. The highest BCUT2D eigenvalue weighted by molar-refractivity contribution is 5.95. The van der Waals surface area contributed by atoms with E-state index in [1.807, 2.05) is 18.2 Å². The first kappa shape index (κ1) is 11.8. The van der Waals surface area contributed by atoms with Crippen molar-refractivity contribution >= 4 is 11.6 Å². The van der Waals surface area contributed by atoms with Crippen molar-refractivity contribution in [2.45, 2.75) is 13.8 Å². The largest absolute Gasteiger partial charge is 0.482 e. The summed E-state index contributed by atoms with van der Waals surface area (Å²) in [6, 6.07) is 12.2. The van der Waals surface area contributed by atoms with Crippen molar-refractivity contribution in [3.63, 3.8) is 0 Å². The minimum atomic E-state index is -0.105. The van der Waals surface area contributed by atoms with E-state index >= 15 is 0 Å². The highest BCUT2D eigenvalue weighted by atomic mass is 16.5. The molecule has 2 aromatic rings. The molecule has 0 saturated heterocycles. The number of ether oxygens (including phenoxy) is 1. The first-order valence-corrected chi connectivity index (χ1v) is 6.28. The number of nitrogens with one attached hydrogen (secondary N) is 1. The van der Waals surface area contributed by atoms with Gasteiger partial charge in [0.05, 0.1) is 5.69 Å². The van der Waals surface area contributed by atoms with E-state index in [0.717, 1.165) is 22.6 Å². The third-order valence-electron chi connectivity index (χ3n) is 3.45. The molecule has 0 radical (unpaired) electrons. The zero-order valence-electron chi connectivity index (χ0n) is 11.0. The highest BCUT2D eigenvalue weighted by Gasteiger charge is 2.16. The zero-order valence-corrected chi connectivity index (χ0v) is 11.0. The van der Waals surface area contributed by atoms with Crippen molar-refractivity contribution in [3.05, 3.63) is 47.5 Å². The van der Waals surface area contributed by atoms with Crippen molar-refractivity contribution in [2.24, 2.45) is 0 Å². The molecular weight excluding hydrogens is 238 g/mol. The van der Waals surface area contributed by atoms with Crippen LogP contribution in [0.2, 0.25) is 0 Å². The number of hydrogen-bond donors (Lipinski definition) is 1. The van der Waals surface area contributed by atoms with Crippen LogP contribution in [0.3, 0.4) is 0 Å². The van der Waals surface area contributed by atoms with E-state index in [2.05, 4.69) is 37.4 Å². The summed E-state index contributed by atoms with van der Waals surface area (Å²) in [6.07, 6.45) is 0. The molecule has 0 bridgehead atoms. The van der Waals surface area contributed by atoms with Gasteiger partial charge >= 0.3 is 0 Å². The van der Waals surface area contributed by atoms with Gasteiger partial charge in [-0.15, -0.1) is 0 Å². The second-order valence-electron chi connectivity index (χ2n) is 4.85. The Morgan fingerprint density at radius 3 is 2.53 bits per heavy atom. The van der Waals surface area contributed by atoms with Crippen LogP contribution in [0.1, 0.15) is 11.1 Å². The lowest BCUT2D eigenvalue weighted by molar-refractivity contribution is -0.118. The van der Waals surface area contributed by atoms with Crippen LogP contribution in [0.5, 0.6) is 5.75 Å². The van der Waals surface area contributed by atoms with Gasteiger partial charge in [-0.2, -0.15) is 0 Å². The smallest absolute Gasteiger partial charge is 0.262 e. The molecule has 0 spiro atoms. The second-order valence-corrected chi connectivity index (χ2v) is 4.85. The molecule has 1 aliphatic rings. The molecule has 0 aliphatic carbocycles. The van der Waals surface area contributed by atoms with E-state index < -0.39 is 0 Å². The second kappa shape index (κ2) is 4.43. The summed E-state index contributed by atoms with van der Waals surface area (Å²) >= 11 is 0. The summed E-state index contributed by atoms with van der Waals surface area (Å²) in [5, 5.41) is 2.80. The molecule has 0 saturated carbocycles. The van der Waals surface area contributed by atoms with Crippen LogP contribution in [0, 0.1) is 13.8 Å². The van der Waals surface area contributed by atoms with E-state index in [4.69, 9.17) is 4.74 Å². The Morgan fingerprint density at radius 1 is 1.00 bits per heavy atom. The summed E-state index contributed by atoms with van der Waals surface area (Å²) in [4.78, 5) is 11.2. The van der Waals surface area contributed by atoms with Crippen LogP contribution in [0.25, 0.3) is 11.1 Å². The fraction of sp³-hybridized carbons (Fsp3) is 0.188. The predicted molar refractivity (Wildman–Crippen MR) is 75.5 cm³/mol. The molecule has 3 heteroatoms. The molecule has 2 aromatic carbocycles. The first-order chi connectivity index (χ1) is 9.13. The van der Waals surface area contributed by atoms with Crippen LogP contribution in [-0.2, 0) is 4.79 Å². The van der Waals surface area contributed by atoms with Crippen molar-refractivity contribution in [1.82, 2.24) is 0 Å². The topological polar surface area (TPSA) is 38.3 Å². The van der Waals surface area contributed by atoms with Gasteiger partial charge in [0.15, 0.2) is 6.61 Å². The maximum Gasteiger partial charge on any atom is 0.262 e. The van der Waals surface area contributed by atoms with E-state index in [0.29, 0.717) is 0 Å². The lowest BCUT2D eigenvalue weighted by Crippen LogP contribution is -2.25. The summed E-state index contributed by atoms with van der Waals surface area (Å²) in [5.74, 6) is 0.627. The molecule has 0 fully saturated rings. The first-order valence-electron chi connectivity index (χ1n) is 6.28. The molecule has 1 amide bonds. The Morgan fingerprint density at radius 2 is 1.74 bits per heavy atom. The molecular formula is C16H15NO2. The average molecular weight is 253 g/mol. The van der Waals surface area contributed by atoms with Crippen LogP contribution in [-0.4, -0.2) is 12.5 Å². The number of fused-ring (bicyclic) bond motifs is 1. The Labute approximate surface area is 112 Å². The molecule has 3 rings (SSSR count). The molecule has 0 aromatic heterocycles.